The number of anilines is 1. The highest BCUT2D eigenvalue weighted by Gasteiger charge is 2.36. The number of hydrogen-bond acceptors (Lipinski definition) is 7. The van der Waals surface area contributed by atoms with Crippen LogP contribution in [0.25, 0.3) is 21.6 Å². The zero-order valence-electron chi connectivity index (χ0n) is 10.4. The molecule has 1 saturated heterocycles. The molecule has 1 aliphatic heterocycles. The van der Waals surface area contributed by atoms with Gasteiger partial charge in [-0.1, -0.05) is 5.11 Å². The molecule has 3 heterocycles. The molecule has 10 nitrogen and oxygen atoms in total. The van der Waals surface area contributed by atoms with Gasteiger partial charge in [0.05, 0.1) is 25.1 Å². The van der Waals surface area contributed by atoms with E-state index in [2.05, 4.69) is 25.0 Å². The minimum absolute atomic E-state index is 0.218. The number of aliphatic hydroxyl groups is 1. The number of aromatic nitrogens is 4. The largest absolute Gasteiger partial charge is 0.394 e. The van der Waals surface area contributed by atoms with E-state index < -0.39 is 18.4 Å². The van der Waals surface area contributed by atoms with Gasteiger partial charge in [0.15, 0.2) is 11.5 Å². The molecule has 0 amide bonds. The SMILES string of the molecule is [N-]=[N+]=N[C@@H]1C[C@H](n2cnc3c(N)ncnc32)O[C@@H]1CO. The Kier molecular flexibility index (Phi) is 3.11. The average molecular weight is 276 g/mol. The van der Waals surface area contributed by atoms with Crippen LogP contribution in [0.5, 0.6) is 0 Å². The van der Waals surface area contributed by atoms with Gasteiger partial charge in [-0.2, -0.15) is 0 Å². The maximum atomic E-state index is 9.26. The molecule has 3 rings (SSSR count). The Balaban J connectivity index is 1.96. The Morgan fingerprint density at radius 3 is 3.15 bits per heavy atom. The zero-order valence-corrected chi connectivity index (χ0v) is 10.4. The summed E-state index contributed by atoms with van der Waals surface area (Å²) in [6.07, 6.45) is 2.38. The van der Waals surface area contributed by atoms with Crippen LogP contribution < -0.4 is 5.73 Å². The van der Waals surface area contributed by atoms with Crippen molar-refractivity contribution in [3.05, 3.63) is 23.1 Å². The summed E-state index contributed by atoms with van der Waals surface area (Å²) in [6.45, 7) is -0.218. The molecule has 0 spiro atoms. The molecule has 0 radical (unpaired) electrons. The topological polar surface area (TPSA) is 148 Å². The number of hydrogen-bond donors (Lipinski definition) is 2. The van der Waals surface area contributed by atoms with Gasteiger partial charge in [-0.15, -0.1) is 0 Å². The molecule has 1 aliphatic rings. The number of nitrogens with two attached hydrogens (primary N) is 1. The number of fused-ring (bicyclic) bond motifs is 1. The lowest BCUT2D eigenvalue weighted by Crippen LogP contribution is -2.22. The van der Waals surface area contributed by atoms with Gasteiger partial charge < -0.3 is 15.6 Å². The summed E-state index contributed by atoms with van der Waals surface area (Å²) in [5.74, 6) is 0.289. The van der Waals surface area contributed by atoms with Crippen LogP contribution in [0.4, 0.5) is 5.82 Å². The normalized spacial score (nSPS) is 25.8. The number of aliphatic hydroxyl groups excluding tert-OH is 1. The number of rotatable bonds is 3. The second kappa shape index (κ2) is 4.93. The Labute approximate surface area is 112 Å². The van der Waals surface area contributed by atoms with E-state index in [1.807, 2.05) is 0 Å². The van der Waals surface area contributed by atoms with Crippen LogP contribution in [0.15, 0.2) is 17.8 Å². The van der Waals surface area contributed by atoms with Crippen molar-refractivity contribution in [2.45, 2.75) is 24.8 Å². The number of nitrogen functional groups attached to an aromatic ring is 1. The minimum Gasteiger partial charge on any atom is -0.394 e. The van der Waals surface area contributed by atoms with Crippen molar-refractivity contribution in [1.29, 1.82) is 0 Å². The lowest BCUT2D eigenvalue weighted by Gasteiger charge is -2.13. The van der Waals surface area contributed by atoms with Crippen molar-refractivity contribution in [2.24, 2.45) is 5.11 Å². The standard InChI is InChI=1S/C10H12N8O2/c11-9-8-10(14-3-13-9)18(4-15-8)7-1-5(16-17-12)6(2-19)20-7/h3-7,19H,1-2H2,(H2,11,13,14)/t5-,6-,7-/m1/s1. The van der Waals surface area contributed by atoms with E-state index in [1.54, 1.807) is 10.9 Å². The molecule has 2 aromatic heterocycles. The van der Waals surface area contributed by atoms with Crippen LogP contribution >= 0.6 is 0 Å². The molecular formula is C10H12N8O2. The lowest BCUT2D eigenvalue weighted by atomic mass is 10.1. The van der Waals surface area contributed by atoms with Crippen molar-refractivity contribution in [2.75, 3.05) is 12.3 Å². The van der Waals surface area contributed by atoms with Crippen LogP contribution in [-0.4, -0.2) is 43.4 Å². The molecular weight excluding hydrogens is 264 g/mol. The van der Waals surface area contributed by atoms with E-state index in [0.717, 1.165) is 0 Å². The second-order valence-corrected chi connectivity index (χ2v) is 4.40. The van der Waals surface area contributed by atoms with Gasteiger partial charge in [0.25, 0.3) is 0 Å². The third-order valence-electron chi connectivity index (χ3n) is 3.28. The molecule has 2 aromatic rings. The Hall–Kier alpha value is -2.42. The molecule has 10 heteroatoms. The highest BCUT2D eigenvalue weighted by molar-refractivity contribution is 5.81. The third kappa shape index (κ3) is 1.92. The van der Waals surface area contributed by atoms with Gasteiger partial charge in [-0.05, 0) is 5.53 Å². The van der Waals surface area contributed by atoms with E-state index in [4.69, 9.17) is 16.0 Å². The molecule has 3 atom stereocenters. The first-order valence-corrected chi connectivity index (χ1v) is 5.98. The van der Waals surface area contributed by atoms with Gasteiger partial charge in [0.2, 0.25) is 0 Å². The molecule has 0 aromatic carbocycles. The fourth-order valence-corrected chi connectivity index (χ4v) is 2.32. The van der Waals surface area contributed by atoms with Crippen molar-refractivity contribution in [1.82, 2.24) is 19.5 Å². The summed E-state index contributed by atoms with van der Waals surface area (Å²) >= 11 is 0. The van der Waals surface area contributed by atoms with Gasteiger partial charge in [0.1, 0.15) is 18.1 Å². The van der Waals surface area contributed by atoms with Crippen molar-refractivity contribution in [3.8, 4) is 0 Å². The van der Waals surface area contributed by atoms with Gasteiger partial charge in [0, 0.05) is 11.3 Å². The third-order valence-corrected chi connectivity index (χ3v) is 3.28. The molecule has 0 saturated carbocycles. The first-order chi connectivity index (χ1) is 9.74. The van der Waals surface area contributed by atoms with E-state index in [9.17, 15) is 5.11 Å². The predicted octanol–water partition coefficient (Wildman–Crippen LogP) is 0.367. The molecule has 20 heavy (non-hydrogen) atoms. The highest BCUT2D eigenvalue weighted by atomic mass is 16.5. The summed E-state index contributed by atoms with van der Waals surface area (Å²) in [5.41, 5.74) is 15.3. The number of nitrogens with zero attached hydrogens (tertiary/aromatic N) is 7. The molecule has 3 N–H and O–H groups in total. The van der Waals surface area contributed by atoms with Crippen LogP contribution in [0.1, 0.15) is 12.6 Å². The maximum Gasteiger partial charge on any atom is 0.167 e. The predicted molar refractivity (Wildman–Crippen MR) is 68.3 cm³/mol. The molecule has 0 bridgehead atoms. The zero-order chi connectivity index (χ0) is 14.1. The minimum atomic E-state index is -0.535. The van der Waals surface area contributed by atoms with E-state index in [1.165, 1.54) is 6.33 Å². The van der Waals surface area contributed by atoms with E-state index in [0.29, 0.717) is 17.6 Å². The van der Waals surface area contributed by atoms with E-state index >= 15 is 0 Å². The van der Waals surface area contributed by atoms with Crippen LogP contribution in [0.3, 0.4) is 0 Å². The number of imidazole rings is 1. The molecule has 0 aliphatic carbocycles. The van der Waals surface area contributed by atoms with Crippen molar-refractivity contribution >= 4 is 17.0 Å². The summed E-state index contributed by atoms with van der Waals surface area (Å²) < 4.78 is 7.37. The summed E-state index contributed by atoms with van der Waals surface area (Å²) in [6, 6.07) is -0.424. The Morgan fingerprint density at radius 1 is 1.55 bits per heavy atom. The fraction of sp³-hybridized carbons (Fsp3) is 0.500. The summed E-state index contributed by atoms with van der Waals surface area (Å²) in [5, 5.41) is 12.9. The molecule has 0 unspecified atom stereocenters. The van der Waals surface area contributed by atoms with Crippen LogP contribution in [0, 0.1) is 0 Å². The second-order valence-electron chi connectivity index (χ2n) is 4.40. The van der Waals surface area contributed by atoms with Crippen LogP contribution in [-0.2, 0) is 4.74 Å². The van der Waals surface area contributed by atoms with Crippen LogP contribution in [0.2, 0.25) is 0 Å². The Bertz CT molecular complexity index is 679. The number of azide groups is 1. The number of ether oxygens (including phenoxy) is 1. The fourth-order valence-electron chi connectivity index (χ4n) is 2.32. The van der Waals surface area contributed by atoms with Gasteiger partial charge >= 0.3 is 0 Å². The average Bonchev–Trinajstić information content (AvgIpc) is 3.03. The summed E-state index contributed by atoms with van der Waals surface area (Å²) in [7, 11) is 0. The lowest BCUT2D eigenvalue weighted by molar-refractivity contribution is -0.0233. The van der Waals surface area contributed by atoms with Crippen molar-refractivity contribution in [3.63, 3.8) is 0 Å². The maximum absolute atomic E-state index is 9.26. The van der Waals surface area contributed by atoms with E-state index in [-0.39, 0.29) is 12.4 Å². The highest BCUT2D eigenvalue weighted by Crippen LogP contribution is 2.32. The first-order valence-electron chi connectivity index (χ1n) is 5.98. The Morgan fingerprint density at radius 2 is 2.40 bits per heavy atom. The van der Waals surface area contributed by atoms with Gasteiger partial charge in [-0.25, -0.2) is 15.0 Å². The molecule has 104 valence electrons. The first kappa shape index (κ1) is 12.6. The van der Waals surface area contributed by atoms with Crippen molar-refractivity contribution < 1.29 is 9.84 Å². The monoisotopic (exact) mass is 276 g/mol. The smallest absolute Gasteiger partial charge is 0.167 e. The molecule has 1 fully saturated rings. The van der Waals surface area contributed by atoms with Gasteiger partial charge in [-0.3, -0.25) is 4.57 Å². The summed E-state index contributed by atoms with van der Waals surface area (Å²) in [4.78, 5) is 14.9. The quantitative estimate of drug-likeness (QED) is 0.470.